The lowest BCUT2D eigenvalue weighted by molar-refractivity contribution is 0.575. The Labute approximate surface area is 117 Å². The van der Waals surface area contributed by atoms with Crippen molar-refractivity contribution in [3.63, 3.8) is 0 Å². The van der Waals surface area contributed by atoms with Gasteiger partial charge in [0, 0.05) is 25.3 Å². The van der Waals surface area contributed by atoms with Crippen LogP contribution in [-0.4, -0.2) is 18.6 Å². The summed E-state index contributed by atoms with van der Waals surface area (Å²) in [7, 11) is 1.55. The van der Waals surface area contributed by atoms with Crippen molar-refractivity contribution in [1.29, 1.82) is 0 Å². The second kappa shape index (κ2) is 5.86. The summed E-state index contributed by atoms with van der Waals surface area (Å²) in [5.74, 6) is -1.23. The molecule has 106 valence electrons. The maximum absolute atomic E-state index is 14.0. The van der Waals surface area contributed by atoms with Gasteiger partial charge in [-0.2, -0.15) is 0 Å². The molecule has 0 saturated heterocycles. The van der Waals surface area contributed by atoms with Crippen LogP contribution in [-0.2, 0) is 0 Å². The Morgan fingerprint density at radius 3 is 2.35 bits per heavy atom. The SMILES string of the molecule is CCN(c1ccc(C)cc1)c1nc(NC)c(F)cc1F. The molecule has 0 fully saturated rings. The van der Waals surface area contributed by atoms with Gasteiger partial charge in [-0.1, -0.05) is 17.7 Å². The molecule has 0 atom stereocenters. The predicted octanol–water partition coefficient (Wildman–Crippen LogP) is 3.87. The molecule has 2 aromatic rings. The number of nitrogens with one attached hydrogen (secondary N) is 1. The lowest BCUT2D eigenvalue weighted by atomic mass is 10.2. The Morgan fingerprint density at radius 1 is 1.15 bits per heavy atom. The average molecular weight is 277 g/mol. The highest BCUT2D eigenvalue weighted by molar-refractivity contribution is 5.62. The second-order valence-corrected chi connectivity index (χ2v) is 4.45. The van der Waals surface area contributed by atoms with Gasteiger partial charge in [-0.3, -0.25) is 0 Å². The van der Waals surface area contributed by atoms with Crippen LogP contribution in [0.3, 0.4) is 0 Å². The van der Waals surface area contributed by atoms with Gasteiger partial charge in [0.25, 0.3) is 0 Å². The standard InChI is InChI=1S/C15H17F2N3/c1-4-20(11-7-5-10(2)6-8-11)15-13(17)9-12(16)14(18-3)19-15/h5-9H,4H2,1-3H3,(H,18,19). The van der Waals surface area contributed by atoms with Crippen LogP contribution in [0.5, 0.6) is 0 Å². The zero-order chi connectivity index (χ0) is 14.7. The molecule has 1 heterocycles. The van der Waals surface area contributed by atoms with Crippen molar-refractivity contribution in [3.05, 3.63) is 47.5 Å². The molecule has 0 aliphatic heterocycles. The van der Waals surface area contributed by atoms with E-state index in [4.69, 9.17) is 0 Å². The molecule has 1 aromatic heterocycles. The molecule has 2 rings (SSSR count). The highest BCUT2D eigenvalue weighted by Gasteiger charge is 2.17. The number of aryl methyl sites for hydroxylation is 1. The van der Waals surface area contributed by atoms with Crippen LogP contribution in [0.4, 0.5) is 26.1 Å². The molecule has 0 saturated carbocycles. The Hall–Kier alpha value is -2.17. The molecule has 0 radical (unpaired) electrons. The molecule has 0 bridgehead atoms. The molecular formula is C15H17F2N3. The average Bonchev–Trinajstić information content (AvgIpc) is 2.43. The molecule has 0 aliphatic rings. The van der Waals surface area contributed by atoms with Gasteiger partial charge in [0.05, 0.1) is 0 Å². The van der Waals surface area contributed by atoms with E-state index in [1.165, 1.54) is 0 Å². The van der Waals surface area contributed by atoms with Crippen molar-refractivity contribution in [1.82, 2.24) is 4.98 Å². The van der Waals surface area contributed by atoms with E-state index in [1.54, 1.807) is 11.9 Å². The van der Waals surface area contributed by atoms with Crippen LogP contribution in [0.25, 0.3) is 0 Å². The third-order valence-electron chi connectivity index (χ3n) is 3.07. The summed E-state index contributed by atoms with van der Waals surface area (Å²) in [6.45, 7) is 4.40. The number of hydrogen-bond acceptors (Lipinski definition) is 3. The normalized spacial score (nSPS) is 10.4. The van der Waals surface area contributed by atoms with Gasteiger partial charge in [-0.25, -0.2) is 13.8 Å². The van der Waals surface area contributed by atoms with E-state index in [2.05, 4.69) is 10.3 Å². The van der Waals surface area contributed by atoms with Crippen LogP contribution in [0.2, 0.25) is 0 Å². The first-order chi connectivity index (χ1) is 9.56. The van der Waals surface area contributed by atoms with E-state index >= 15 is 0 Å². The summed E-state index contributed by atoms with van der Waals surface area (Å²) in [6, 6.07) is 8.52. The number of anilines is 3. The molecule has 20 heavy (non-hydrogen) atoms. The Morgan fingerprint density at radius 2 is 1.80 bits per heavy atom. The van der Waals surface area contributed by atoms with E-state index in [0.29, 0.717) is 6.54 Å². The quantitative estimate of drug-likeness (QED) is 0.919. The molecule has 0 aliphatic carbocycles. The summed E-state index contributed by atoms with van der Waals surface area (Å²) in [5.41, 5.74) is 1.94. The van der Waals surface area contributed by atoms with Gasteiger partial charge in [0.1, 0.15) is 0 Å². The fourth-order valence-corrected chi connectivity index (χ4v) is 2.00. The Kier molecular flexibility index (Phi) is 4.17. The highest BCUT2D eigenvalue weighted by Crippen LogP contribution is 2.28. The fourth-order valence-electron chi connectivity index (χ4n) is 2.00. The van der Waals surface area contributed by atoms with Crippen LogP contribution < -0.4 is 10.2 Å². The molecule has 3 nitrogen and oxygen atoms in total. The lowest BCUT2D eigenvalue weighted by Crippen LogP contribution is -2.19. The molecule has 0 unspecified atom stereocenters. The first-order valence-corrected chi connectivity index (χ1v) is 6.44. The van der Waals surface area contributed by atoms with E-state index < -0.39 is 11.6 Å². The van der Waals surface area contributed by atoms with Crippen molar-refractivity contribution in [3.8, 4) is 0 Å². The summed E-state index contributed by atoms with van der Waals surface area (Å²) >= 11 is 0. The Bertz CT molecular complexity index is 597. The van der Waals surface area contributed by atoms with Crippen molar-refractivity contribution in [2.75, 3.05) is 23.8 Å². The monoisotopic (exact) mass is 277 g/mol. The molecule has 0 spiro atoms. The smallest absolute Gasteiger partial charge is 0.171 e. The maximum atomic E-state index is 14.0. The largest absolute Gasteiger partial charge is 0.371 e. The third kappa shape index (κ3) is 2.71. The second-order valence-electron chi connectivity index (χ2n) is 4.45. The number of rotatable bonds is 4. The van der Waals surface area contributed by atoms with Gasteiger partial charge in [0.15, 0.2) is 23.3 Å². The summed E-state index contributed by atoms with van der Waals surface area (Å²) < 4.78 is 27.5. The van der Waals surface area contributed by atoms with Gasteiger partial charge >= 0.3 is 0 Å². The number of aromatic nitrogens is 1. The maximum Gasteiger partial charge on any atom is 0.171 e. The minimum absolute atomic E-state index is 0.0342. The van der Waals surface area contributed by atoms with Crippen LogP contribution in [0.1, 0.15) is 12.5 Å². The minimum atomic E-state index is -0.700. The number of nitrogens with zero attached hydrogens (tertiary/aromatic N) is 2. The fraction of sp³-hybridized carbons (Fsp3) is 0.267. The van der Waals surface area contributed by atoms with Crippen LogP contribution in [0.15, 0.2) is 30.3 Å². The van der Waals surface area contributed by atoms with Crippen molar-refractivity contribution in [2.24, 2.45) is 0 Å². The van der Waals surface area contributed by atoms with Gasteiger partial charge in [-0.05, 0) is 26.0 Å². The first-order valence-electron chi connectivity index (χ1n) is 6.44. The molecule has 5 heteroatoms. The first kappa shape index (κ1) is 14.2. The molecule has 0 amide bonds. The van der Waals surface area contributed by atoms with Crippen molar-refractivity contribution < 1.29 is 8.78 Å². The minimum Gasteiger partial charge on any atom is -0.371 e. The number of benzene rings is 1. The van der Waals surface area contributed by atoms with E-state index in [1.807, 2.05) is 38.1 Å². The molecular weight excluding hydrogens is 260 g/mol. The summed E-state index contributed by atoms with van der Waals surface area (Å²) in [5, 5.41) is 2.62. The van der Waals surface area contributed by atoms with Gasteiger partial charge in [-0.15, -0.1) is 0 Å². The Balaban J connectivity index is 2.48. The van der Waals surface area contributed by atoms with Crippen molar-refractivity contribution >= 4 is 17.3 Å². The van der Waals surface area contributed by atoms with Crippen molar-refractivity contribution in [2.45, 2.75) is 13.8 Å². The molecule has 1 aromatic carbocycles. The van der Waals surface area contributed by atoms with E-state index in [9.17, 15) is 8.78 Å². The number of halogens is 2. The van der Waals surface area contributed by atoms with Gasteiger partial charge < -0.3 is 10.2 Å². The summed E-state index contributed by atoms with van der Waals surface area (Å²) in [4.78, 5) is 5.73. The number of pyridine rings is 1. The topological polar surface area (TPSA) is 28.2 Å². The molecule has 1 N–H and O–H groups in total. The zero-order valence-electron chi connectivity index (χ0n) is 11.7. The third-order valence-corrected chi connectivity index (χ3v) is 3.07. The lowest BCUT2D eigenvalue weighted by Gasteiger charge is -2.23. The van der Waals surface area contributed by atoms with Crippen LogP contribution in [0, 0.1) is 18.6 Å². The summed E-state index contributed by atoms with van der Waals surface area (Å²) in [6.07, 6.45) is 0. The predicted molar refractivity (Wildman–Crippen MR) is 77.6 cm³/mol. The van der Waals surface area contributed by atoms with E-state index in [0.717, 1.165) is 17.3 Å². The van der Waals surface area contributed by atoms with Crippen LogP contribution >= 0.6 is 0 Å². The zero-order valence-corrected chi connectivity index (χ0v) is 11.7. The van der Waals surface area contributed by atoms with Gasteiger partial charge in [0.2, 0.25) is 0 Å². The highest BCUT2D eigenvalue weighted by atomic mass is 19.1. The van der Waals surface area contributed by atoms with E-state index in [-0.39, 0.29) is 11.6 Å². The number of hydrogen-bond donors (Lipinski definition) is 1.